The molecule has 1 amide bonds. The molecule has 0 spiro atoms. The van der Waals surface area contributed by atoms with Crippen molar-refractivity contribution in [3.63, 3.8) is 0 Å². The standard InChI is InChI=1S/C30H35F3N6OS/c1-21(2)15-36-28(41)38(18-24-7-5-6-8-26(24)30(31,32)33)19-29(3,4)37-27(40)13-25-16-35-20-39(25)17-23-11-9-22(14-34)10-12-23/h5-12,16,20-21H,13,15,17-19H2,1-4H3,(H,36,41)(H,37,40). The fourth-order valence-electron chi connectivity index (χ4n) is 4.37. The number of imidazole rings is 1. The number of carbonyl (C=O) groups is 1. The van der Waals surface area contributed by atoms with E-state index in [1.54, 1.807) is 35.6 Å². The molecule has 0 aliphatic carbocycles. The molecule has 7 nitrogen and oxygen atoms in total. The van der Waals surface area contributed by atoms with Gasteiger partial charge in [0.1, 0.15) is 0 Å². The largest absolute Gasteiger partial charge is 0.416 e. The number of thiocarbonyl (C=S) groups is 1. The number of nitrogens with zero attached hydrogens (tertiary/aromatic N) is 4. The molecule has 1 aromatic heterocycles. The monoisotopic (exact) mass is 584 g/mol. The number of rotatable bonds is 11. The molecule has 0 aliphatic heterocycles. The van der Waals surface area contributed by atoms with Crippen LogP contribution in [0.5, 0.6) is 0 Å². The SMILES string of the molecule is CC(C)CNC(=S)N(Cc1ccccc1C(F)(F)F)CC(C)(C)NC(=O)Cc1cncn1Cc1ccc(C#N)cc1. The Morgan fingerprint density at radius 1 is 1.15 bits per heavy atom. The highest BCUT2D eigenvalue weighted by Crippen LogP contribution is 2.32. The van der Waals surface area contributed by atoms with Crippen LogP contribution >= 0.6 is 12.2 Å². The molecular formula is C30H35F3N6OS. The molecule has 218 valence electrons. The maximum absolute atomic E-state index is 13.7. The van der Waals surface area contributed by atoms with E-state index < -0.39 is 17.3 Å². The van der Waals surface area contributed by atoms with Crippen LogP contribution in [0.1, 0.15) is 55.6 Å². The van der Waals surface area contributed by atoms with Gasteiger partial charge in [0.25, 0.3) is 0 Å². The quantitative estimate of drug-likeness (QED) is 0.298. The predicted octanol–water partition coefficient (Wildman–Crippen LogP) is 5.29. The fraction of sp³-hybridized carbons (Fsp3) is 0.400. The van der Waals surface area contributed by atoms with Gasteiger partial charge in [-0.3, -0.25) is 4.79 Å². The molecule has 0 radical (unpaired) electrons. The summed E-state index contributed by atoms with van der Waals surface area (Å²) in [6.07, 6.45) is -1.17. The first-order chi connectivity index (χ1) is 19.3. The highest BCUT2D eigenvalue weighted by Gasteiger charge is 2.34. The summed E-state index contributed by atoms with van der Waals surface area (Å²) in [6, 6.07) is 14.7. The van der Waals surface area contributed by atoms with Crippen LogP contribution in [0, 0.1) is 17.2 Å². The van der Waals surface area contributed by atoms with E-state index in [2.05, 4.69) is 21.7 Å². The van der Waals surface area contributed by atoms with Gasteiger partial charge in [0, 0.05) is 38.1 Å². The summed E-state index contributed by atoms with van der Waals surface area (Å²) in [7, 11) is 0. The Labute approximate surface area is 244 Å². The second kappa shape index (κ2) is 13.6. The zero-order valence-corrected chi connectivity index (χ0v) is 24.4. The minimum absolute atomic E-state index is 0.0622. The van der Waals surface area contributed by atoms with E-state index in [-0.39, 0.29) is 36.9 Å². The van der Waals surface area contributed by atoms with E-state index >= 15 is 0 Å². The molecule has 2 aromatic carbocycles. The zero-order valence-electron chi connectivity index (χ0n) is 23.6. The lowest BCUT2D eigenvalue weighted by Gasteiger charge is -2.36. The Morgan fingerprint density at radius 2 is 1.83 bits per heavy atom. The fourth-order valence-corrected chi connectivity index (χ4v) is 4.58. The van der Waals surface area contributed by atoms with Crippen molar-refractivity contribution in [2.75, 3.05) is 13.1 Å². The molecule has 0 atom stereocenters. The van der Waals surface area contributed by atoms with Crippen molar-refractivity contribution >= 4 is 23.2 Å². The first-order valence-corrected chi connectivity index (χ1v) is 13.6. The zero-order chi connectivity index (χ0) is 30.2. The van der Waals surface area contributed by atoms with Crippen LogP contribution < -0.4 is 10.6 Å². The van der Waals surface area contributed by atoms with E-state index in [1.165, 1.54) is 12.1 Å². The Balaban J connectivity index is 1.72. The Kier molecular flexibility index (Phi) is 10.5. The number of halogens is 3. The third kappa shape index (κ3) is 9.60. The lowest BCUT2D eigenvalue weighted by Crippen LogP contribution is -2.54. The minimum atomic E-state index is -4.50. The lowest BCUT2D eigenvalue weighted by molar-refractivity contribution is -0.138. The van der Waals surface area contributed by atoms with E-state index in [4.69, 9.17) is 17.5 Å². The van der Waals surface area contributed by atoms with E-state index in [1.807, 2.05) is 44.4 Å². The van der Waals surface area contributed by atoms with Gasteiger partial charge < -0.3 is 20.1 Å². The molecule has 0 saturated carbocycles. The van der Waals surface area contributed by atoms with Crippen LogP contribution in [-0.4, -0.2) is 44.1 Å². The normalized spacial score (nSPS) is 11.7. The van der Waals surface area contributed by atoms with Gasteiger partial charge in [-0.25, -0.2) is 4.98 Å². The van der Waals surface area contributed by atoms with Crippen molar-refractivity contribution in [3.05, 3.63) is 89.0 Å². The Morgan fingerprint density at radius 3 is 2.46 bits per heavy atom. The van der Waals surface area contributed by atoms with Crippen molar-refractivity contribution in [1.29, 1.82) is 5.26 Å². The highest BCUT2D eigenvalue weighted by atomic mass is 32.1. The van der Waals surface area contributed by atoms with Gasteiger partial charge in [-0.2, -0.15) is 18.4 Å². The highest BCUT2D eigenvalue weighted by molar-refractivity contribution is 7.80. The number of hydrogen-bond donors (Lipinski definition) is 2. The smallest absolute Gasteiger partial charge is 0.362 e. The summed E-state index contributed by atoms with van der Waals surface area (Å²) < 4.78 is 43.0. The van der Waals surface area contributed by atoms with Crippen LogP contribution in [0.25, 0.3) is 0 Å². The van der Waals surface area contributed by atoms with Crippen LogP contribution in [0.4, 0.5) is 13.2 Å². The number of hydrogen-bond acceptors (Lipinski definition) is 4. The Hall–Kier alpha value is -3.91. The summed E-state index contributed by atoms with van der Waals surface area (Å²) in [6.45, 7) is 8.80. The molecule has 41 heavy (non-hydrogen) atoms. The minimum Gasteiger partial charge on any atom is -0.362 e. The van der Waals surface area contributed by atoms with E-state index in [0.29, 0.717) is 29.5 Å². The van der Waals surface area contributed by atoms with Gasteiger partial charge in [-0.05, 0) is 61.3 Å². The lowest BCUT2D eigenvalue weighted by atomic mass is 10.0. The van der Waals surface area contributed by atoms with Crippen molar-refractivity contribution in [2.24, 2.45) is 5.92 Å². The molecule has 0 bridgehead atoms. The van der Waals surface area contributed by atoms with Crippen molar-refractivity contribution in [3.8, 4) is 6.07 Å². The van der Waals surface area contributed by atoms with Gasteiger partial charge >= 0.3 is 6.18 Å². The summed E-state index contributed by atoms with van der Waals surface area (Å²) in [5.41, 5.74) is 0.785. The number of nitrogens with one attached hydrogen (secondary N) is 2. The van der Waals surface area contributed by atoms with Gasteiger partial charge in [-0.15, -0.1) is 0 Å². The number of amides is 1. The average molecular weight is 585 g/mol. The van der Waals surface area contributed by atoms with Crippen molar-refractivity contribution in [1.82, 2.24) is 25.1 Å². The third-order valence-corrected chi connectivity index (χ3v) is 6.68. The van der Waals surface area contributed by atoms with Crippen LogP contribution in [0.2, 0.25) is 0 Å². The summed E-state index contributed by atoms with van der Waals surface area (Å²) in [5, 5.41) is 15.5. The van der Waals surface area contributed by atoms with Crippen LogP contribution in [0.15, 0.2) is 61.1 Å². The maximum Gasteiger partial charge on any atom is 0.416 e. The first kappa shape index (κ1) is 31.6. The Bertz CT molecular complexity index is 1380. The summed E-state index contributed by atoms with van der Waals surface area (Å²) in [4.78, 5) is 19.0. The summed E-state index contributed by atoms with van der Waals surface area (Å²) >= 11 is 5.59. The molecule has 0 aliphatic rings. The molecular weight excluding hydrogens is 549 g/mol. The first-order valence-electron chi connectivity index (χ1n) is 13.2. The number of aromatic nitrogens is 2. The van der Waals surface area contributed by atoms with E-state index in [0.717, 1.165) is 11.6 Å². The molecule has 11 heteroatoms. The van der Waals surface area contributed by atoms with Gasteiger partial charge in [0.05, 0.1) is 35.5 Å². The van der Waals surface area contributed by atoms with E-state index in [9.17, 15) is 18.0 Å². The molecule has 3 aromatic rings. The summed E-state index contributed by atoms with van der Waals surface area (Å²) in [5.74, 6) is 0.0207. The molecule has 2 N–H and O–H groups in total. The van der Waals surface area contributed by atoms with Gasteiger partial charge in [-0.1, -0.05) is 44.2 Å². The molecule has 3 rings (SSSR count). The van der Waals surface area contributed by atoms with Crippen LogP contribution in [0.3, 0.4) is 0 Å². The average Bonchev–Trinajstić information content (AvgIpc) is 3.32. The van der Waals surface area contributed by atoms with Crippen molar-refractivity contribution < 1.29 is 18.0 Å². The van der Waals surface area contributed by atoms with Crippen LogP contribution in [-0.2, 0) is 30.5 Å². The van der Waals surface area contributed by atoms with Gasteiger partial charge in [0.2, 0.25) is 5.91 Å². The maximum atomic E-state index is 13.7. The molecule has 0 unspecified atom stereocenters. The molecule has 0 saturated heterocycles. The number of nitriles is 1. The predicted molar refractivity (Wildman–Crippen MR) is 156 cm³/mol. The van der Waals surface area contributed by atoms with Crippen molar-refractivity contribution in [2.45, 2.75) is 58.9 Å². The number of benzene rings is 2. The second-order valence-electron chi connectivity index (χ2n) is 11.0. The molecule has 1 heterocycles. The van der Waals surface area contributed by atoms with Gasteiger partial charge in [0.15, 0.2) is 5.11 Å². The molecule has 0 fully saturated rings. The number of carbonyl (C=O) groups excluding carboxylic acids is 1. The third-order valence-electron chi connectivity index (χ3n) is 6.27. The second-order valence-corrected chi connectivity index (χ2v) is 11.4. The number of alkyl halides is 3. The topological polar surface area (TPSA) is 86.0 Å².